The van der Waals surface area contributed by atoms with Gasteiger partial charge >= 0.3 is 0 Å². The molecule has 168 valence electrons. The molecule has 1 heterocycles. The number of aliphatic hydroxyl groups excluding tert-OH is 2. The van der Waals surface area contributed by atoms with Crippen LogP contribution in [0.2, 0.25) is 0 Å². The van der Waals surface area contributed by atoms with Crippen LogP contribution in [-0.2, 0) is 0 Å². The minimum Gasteiger partial charge on any atom is -0.390 e. The summed E-state index contributed by atoms with van der Waals surface area (Å²) in [6.07, 6.45) is 12.0. The zero-order chi connectivity index (χ0) is 21.3. The lowest BCUT2D eigenvalue weighted by Gasteiger charge is -2.59. The predicted octanol–water partition coefficient (Wildman–Crippen LogP) is 5.40. The molecular formula is C27H43NO2. The summed E-state index contributed by atoms with van der Waals surface area (Å²) in [6, 6.07) is 0. The highest BCUT2D eigenvalue weighted by molar-refractivity contribution is 5.87. The summed E-state index contributed by atoms with van der Waals surface area (Å²) < 4.78 is 0. The van der Waals surface area contributed by atoms with Crippen molar-refractivity contribution in [3.63, 3.8) is 0 Å². The largest absolute Gasteiger partial charge is 0.390 e. The molecule has 0 aromatic heterocycles. The van der Waals surface area contributed by atoms with Crippen LogP contribution in [0.1, 0.15) is 85.5 Å². The fraction of sp³-hybridized carbons (Fsp3) is 0.889. The average molecular weight is 414 g/mol. The molecule has 1 aliphatic heterocycles. The van der Waals surface area contributed by atoms with E-state index in [-0.39, 0.29) is 5.41 Å². The summed E-state index contributed by atoms with van der Waals surface area (Å²) in [6.45, 7) is 10.9. The Bertz CT molecular complexity index is 743. The molecule has 3 saturated carbocycles. The van der Waals surface area contributed by atoms with E-state index in [9.17, 15) is 10.2 Å². The van der Waals surface area contributed by atoms with E-state index in [0.29, 0.717) is 17.3 Å². The average Bonchev–Trinajstić information content (AvgIpc) is 3.08. The Morgan fingerprint density at radius 1 is 1.03 bits per heavy atom. The van der Waals surface area contributed by atoms with E-state index in [0.717, 1.165) is 49.5 Å². The lowest BCUT2D eigenvalue weighted by Crippen LogP contribution is -2.54. The van der Waals surface area contributed by atoms with Crippen molar-refractivity contribution < 1.29 is 10.2 Å². The maximum Gasteiger partial charge on any atom is 0.101 e. The predicted molar refractivity (Wildman–Crippen MR) is 122 cm³/mol. The van der Waals surface area contributed by atoms with E-state index < -0.39 is 12.2 Å². The monoisotopic (exact) mass is 413 g/mol. The van der Waals surface area contributed by atoms with Gasteiger partial charge in [-0.3, -0.25) is 4.99 Å². The second-order valence-corrected chi connectivity index (χ2v) is 12.2. The normalized spacial score (nSPS) is 51.9. The molecular weight excluding hydrogens is 370 g/mol. The van der Waals surface area contributed by atoms with Gasteiger partial charge in [-0.2, -0.15) is 0 Å². The van der Waals surface area contributed by atoms with Crippen LogP contribution in [0.25, 0.3) is 0 Å². The number of hydrogen-bond donors (Lipinski definition) is 2. The number of allylic oxidation sites excluding steroid dienone is 1. The lowest BCUT2D eigenvalue weighted by atomic mass is 9.46. The summed E-state index contributed by atoms with van der Waals surface area (Å²) in [5, 5.41) is 21.0. The molecule has 0 amide bonds. The van der Waals surface area contributed by atoms with Gasteiger partial charge in [0.25, 0.3) is 0 Å². The van der Waals surface area contributed by atoms with Crippen molar-refractivity contribution in [3.8, 4) is 0 Å². The summed E-state index contributed by atoms with van der Waals surface area (Å²) in [5.41, 5.74) is 3.22. The van der Waals surface area contributed by atoms with Crippen molar-refractivity contribution in [2.45, 2.75) is 97.7 Å². The van der Waals surface area contributed by atoms with Gasteiger partial charge in [0, 0.05) is 12.3 Å². The number of nitrogens with zero attached hydrogens (tertiary/aromatic N) is 1. The van der Waals surface area contributed by atoms with E-state index in [1.54, 1.807) is 0 Å². The number of aliphatic imine (C=N–C) groups is 1. The molecule has 0 unspecified atom stereocenters. The van der Waals surface area contributed by atoms with Gasteiger partial charge < -0.3 is 10.2 Å². The van der Waals surface area contributed by atoms with Gasteiger partial charge in [0.15, 0.2) is 0 Å². The number of fused-ring (bicyclic) bond motifs is 5. The van der Waals surface area contributed by atoms with E-state index in [1.165, 1.54) is 49.8 Å². The fourth-order valence-electron chi connectivity index (χ4n) is 9.02. The Kier molecular flexibility index (Phi) is 5.26. The smallest absolute Gasteiger partial charge is 0.101 e. The number of hydrogen-bond acceptors (Lipinski definition) is 3. The fourth-order valence-corrected chi connectivity index (χ4v) is 9.02. The SMILES string of the molecule is C[C@H]1CCC([C@@H](C)[C@H]2CC[C@H]3[C@@H]4CC=C5[C@@H](O)[C@@H](O)CC[C@]5(C)[C@H]4CC[C@@]23C)=NC1. The second kappa shape index (κ2) is 7.44. The standard InChI is InChI=1S/C27H43NO2/c1-16-5-10-23(28-15-16)17(2)19-8-9-20-18-6-7-22-25(30)24(29)12-14-27(22,4)21(18)11-13-26(19,20)3/h7,16-21,24-25,29-30H,5-6,8-15H2,1-4H3/t16-,17-,18-,19+,20-,21-,24-,25+,26-,27+/m0/s1. The van der Waals surface area contributed by atoms with Gasteiger partial charge in [0.1, 0.15) is 6.10 Å². The first-order chi connectivity index (χ1) is 14.3. The Morgan fingerprint density at radius 2 is 1.83 bits per heavy atom. The molecule has 4 aliphatic carbocycles. The molecule has 0 radical (unpaired) electrons. The summed E-state index contributed by atoms with van der Waals surface area (Å²) in [7, 11) is 0. The van der Waals surface area contributed by atoms with E-state index in [4.69, 9.17) is 4.99 Å². The highest BCUT2D eigenvalue weighted by atomic mass is 16.3. The van der Waals surface area contributed by atoms with Crippen LogP contribution in [0.5, 0.6) is 0 Å². The van der Waals surface area contributed by atoms with Gasteiger partial charge in [0.05, 0.1) is 6.10 Å². The summed E-state index contributed by atoms with van der Waals surface area (Å²) >= 11 is 0. The molecule has 5 aliphatic rings. The molecule has 2 N–H and O–H groups in total. The Morgan fingerprint density at radius 3 is 2.57 bits per heavy atom. The van der Waals surface area contributed by atoms with Crippen LogP contribution < -0.4 is 0 Å². The van der Waals surface area contributed by atoms with Crippen molar-refractivity contribution in [1.29, 1.82) is 0 Å². The quantitative estimate of drug-likeness (QED) is 0.595. The first kappa shape index (κ1) is 21.2. The van der Waals surface area contributed by atoms with E-state index in [2.05, 4.69) is 33.8 Å². The third kappa shape index (κ3) is 3.01. The van der Waals surface area contributed by atoms with Crippen molar-refractivity contribution in [1.82, 2.24) is 0 Å². The van der Waals surface area contributed by atoms with Gasteiger partial charge in [0.2, 0.25) is 0 Å². The molecule has 0 aromatic carbocycles. The maximum atomic E-state index is 10.7. The van der Waals surface area contributed by atoms with Gasteiger partial charge in [-0.05, 0) is 110 Å². The van der Waals surface area contributed by atoms with Crippen LogP contribution in [0.4, 0.5) is 0 Å². The zero-order valence-corrected chi connectivity index (χ0v) is 19.6. The van der Waals surface area contributed by atoms with Crippen molar-refractivity contribution in [2.24, 2.45) is 51.3 Å². The molecule has 5 rings (SSSR count). The van der Waals surface area contributed by atoms with Crippen molar-refractivity contribution >= 4 is 5.71 Å². The van der Waals surface area contributed by atoms with E-state index >= 15 is 0 Å². The van der Waals surface area contributed by atoms with Crippen LogP contribution in [0, 0.1) is 46.3 Å². The molecule has 30 heavy (non-hydrogen) atoms. The molecule has 3 nitrogen and oxygen atoms in total. The molecule has 3 fully saturated rings. The summed E-state index contributed by atoms with van der Waals surface area (Å²) in [4.78, 5) is 5.04. The third-order valence-electron chi connectivity index (χ3n) is 10.9. The van der Waals surface area contributed by atoms with Crippen LogP contribution in [-0.4, -0.2) is 34.7 Å². The Hall–Kier alpha value is -0.670. The first-order valence-corrected chi connectivity index (χ1v) is 12.9. The maximum absolute atomic E-state index is 10.7. The highest BCUT2D eigenvalue weighted by Crippen LogP contribution is 2.67. The molecule has 0 aromatic rings. The molecule has 10 atom stereocenters. The van der Waals surface area contributed by atoms with Crippen molar-refractivity contribution in [2.75, 3.05) is 6.54 Å². The molecule has 0 saturated heterocycles. The number of aliphatic hydroxyl groups is 2. The van der Waals surface area contributed by atoms with Crippen molar-refractivity contribution in [3.05, 3.63) is 11.6 Å². The summed E-state index contributed by atoms with van der Waals surface area (Å²) in [5.74, 6) is 4.43. The minimum atomic E-state index is -0.638. The van der Waals surface area contributed by atoms with Crippen LogP contribution in [0.3, 0.4) is 0 Å². The zero-order valence-electron chi connectivity index (χ0n) is 19.6. The topological polar surface area (TPSA) is 52.8 Å². The molecule has 0 spiro atoms. The molecule has 3 heteroatoms. The number of rotatable bonds is 2. The minimum absolute atomic E-state index is 0.0934. The first-order valence-electron chi connectivity index (χ1n) is 12.9. The van der Waals surface area contributed by atoms with Gasteiger partial charge in [-0.1, -0.05) is 33.8 Å². The van der Waals surface area contributed by atoms with Crippen LogP contribution >= 0.6 is 0 Å². The lowest BCUT2D eigenvalue weighted by molar-refractivity contribution is -0.0779. The Balaban J connectivity index is 1.40. The second-order valence-electron chi connectivity index (χ2n) is 12.2. The molecule has 0 bridgehead atoms. The van der Waals surface area contributed by atoms with Gasteiger partial charge in [-0.25, -0.2) is 0 Å². The van der Waals surface area contributed by atoms with Crippen LogP contribution in [0.15, 0.2) is 16.6 Å². The third-order valence-corrected chi connectivity index (χ3v) is 10.9. The van der Waals surface area contributed by atoms with E-state index in [1.807, 2.05) is 0 Å². The highest BCUT2D eigenvalue weighted by Gasteiger charge is 2.60. The Labute approximate surface area is 183 Å². The van der Waals surface area contributed by atoms with Gasteiger partial charge in [-0.15, -0.1) is 0 Å².